The minimum absolute atomic E-state index is 0.0468. The fraction of sp³-hybridized carbons (Fsp3) is 0.316. The summed E-state index contributed by atoms with van der Waals surface area (Å²) in [6.07, 6.45) is 2.37. The van der Waals surface area contributed by atoms with Crippen molar-refractivity contribution in [3.05, 3.63) is 54.1 Å². The molecule has 0 radical (unpaired) electrons. The first-order valence-corrected chi connectivity index (χ1v) is 9.30. The molecular weight excluding hydrogens is 360 g/mol. The van der Waals surface area contributed by atoms with Crippen molar-refractivity contribution in [3.63, 3.8) is 0 Å². The Kier molecular flexibility index (Phi) is 6.46. The topological polar surface area (TPSA) is 47.6 Å². The van der Waals surface area contributed by atoms with Crippen molar-refractivity contribution in [2.45, 2.75) is 30.5 Å². The van der Waals surface area contributed by atoms with Crippen LogP contribution < -0.4 is 10.1 Å². The summed E-state index contributed by atoms with van der Waals surface area (Å²) in [5, 5.41) is 2.78. The standard InChI is InChI=1S/C19H19F2NO3S/c20-19(21)25-14-9-7-13(8-10-14)22-18(23)16-5-1-2-6-17(16)26-12-15-4-3-11-24-15/h1-2,5-10,15,19H,3-4,11-12H2,(H,22,23)/t15-/m1/s1. The summed E-state index contributed by atoms with van der Waals surface area (Å²) < 4.78 is 34.3. The predicted molar refractivity (Wildman–Crippen MR) is 97.2 cm³/mol. The van der Waals surface area contributed by atoms with Crippen LogP contribution in [0, 0.1) is 0 Å². The number of nitrogens with one attached hydrogen (secondary N) is 1. The van der Waals surface area contributed by atoms with Gasteiger partial charge in [0.1, 0.15) is 5.75 Å². The molecule has 1 N–H and O–H groups in total. The van der Waals surface area contributed by atoms with Crippen LogP contribution in [0.25, 0.3) is 0 Å². The average Bonchev–Trinajstić information content (AvgIpc) is 3.15. The molecule has 138 valence electrons. The van der Waals surface area contributed by atoms with Crippen molar-refractivity contribution in [3.8, 4) is 5.75 Å². The zero-order valence-electron chi connectivity index (χ0n) is 14.0. The van der Waals surface area contributed by atoms with Crippen molar-refractivity contribution >= 4 is 23.4 Å². The maximum Gasteiger partial charge on any atom is 0.387 e. The number of thioether (sulfide) groups is 1. The number of ether oxygens (including phenoxy) is 2. The van der Waals surface area contributed by atoms with Gasteiger partial charge in [-0.15, -0.1) is 11.8 Å². The molecule has 26 heavy (non-hydrogen) atoms. The van der Waals surface area contributed by atoms with Crippen LogP contribution >= 0.6 is 11.8 Å². The molecule has 0 saturated carbocycles. The number of benzene rings is 2. The van der Waals surface area contributed by atoms with E-state index in [0.717, 1.165) is 30.1 Å². The van der Waals surface area contributed by atoms with E-state index in [1.807, 2.05) is 18.2 Å². The van der Waals surface area contributed by atoms with Gasteiger partial charge in [0.25, 0.3) is 5.91 Å². The maximum absolute atomic E-state index is 12.6. The zero-order chi connectivity index (χ0) is 18.4. The van der Waals surface area contributed by atoms with Gasteiger partial charge in [-0.2, -0.15) is 8.78 Å². The highest BCUT2D eigenvalue weighted by Crippen LogP contribution is 2.27. The third-order valence-electron chi connectivity index (χ3n) is 3.92. The van der Waals surface area contributed by atoms with Gasteiger partial charge in [-0.1, -0.05) is 12.1 Å². The van der Waals surface area contributed by atoms with E-state index < -0.39 is 6.61 Å². The van der Waals surface area contributed by atoms with Crippen LogP contribution in [0.2, 0.25) is 0 Å². The summed E-state index contributed by atoms with van der Waals surface area (Å²) in [6.45, 7) is -2.07. The Labute approximate surface area is 154 Å². The lowest BCUT2D eigenvalue weighted by Crippen LogP contribution is -2.14. The quantitative estimate of drug-likeness (QED) is 0.701. The number of hydrogen-bond donors (Lipinski definition) is 1. The monoisotopic (exact) mass is 379 g/mol. The number of halogens is 2. The molecule has 0 unspecified atom stereocenters. The van der Waals surface area contributed by atoms with Gasteiger partial charge >= 0.3 is 6.61 Å². The third-order valence-corrected chi connectivity index (χ3v) is 5.12. The second-order valence-electron chi connectivity index (χ2n) is 5.80. The van der Waals surface area contributed by atoms with Gasteiger partial charge in [0.15, 0.2) is 0 Å². The number of carbonyl (C=O) groups excluding carboxylic acids is 1. The van der Waals surface area contributed by atoms with Crippen LogP contribution in [0.15, 0.2) is 53.4 Å². The Morgan fingerprint density at radius 1 is 1.23 bits per heavy atom. The Bertz CT molecular complexity index is 734. The molecule has 0 bridgehead atoms. The van der Waals surface area contributed by atoms with Crippen molar-refractivity contribution in [1.82, 2.24) is 0 Å². The molecule has 3 rings (SSSR count). The molecule has 0 spiro atoms. The fourth-order valence-corrected chi connectivity index (χ4v) is 3.78. The lowest BCUT2D eigenvalue weighted by molar-refractivity contribution is -0.0498. The highest BCUT2D eigenvalue weighted by atomic mass is 32.2. The number of alkyl halides is 2. The van der Waals surface area contributed by atoms with Crippen molar-refractivity contribution in [2.75, 3.05) is 17.7 Å². The minimum Gasteiger partial charge on any atom is -0.435 e. The van der Waals surface area contributed by atoms with Crippen molar-refractivity contribution in [1.29, 1.82) is 0 Å². The molecule has 4 nitrogen and oxygen atoms in total. The summed E-state index contributed by atoms with van der Waals surface area (Å²) in [5.74, 6) is 0.609. The summed E-state index contributed by atoms with van der Waals surface area (Å²) in [7, 11) is 0. The van der Waals surface area contributed by atoms with Crippen LogP contribution in [-0.4, -0.2) is 31.0 Å². The van der Waals surface area contributed by atoms with E-state index in [9.17, 15) is 13.6 Å². The molecule has 1 fully saturated rings. The van der Waals surface area contributed by atoms with Gasteiger partial charge in [0.2, 0.25) is 0 Å². The Hall–Kier alpha value is -2.12. The summed E-state index contributed by atoms with van der Waals surface area (Å²) >= 11 is 1.60. The molecule has 1 saturated heterocycles. The first-order chi connectivity index (χ1) is 12.6. The maximum atomic E-state index is 12.6. The second kappa shape index (κ2) is 9.00. The van der Waals surface area contributed by atoms with Crippen LogP contribution in [0.4, 0.5) is 14.5 Å². The molecule has 0 aliphatic carbocycles. The fourth-order valence-electron chi connectivity index (χ4n) is 2.66. The number of carbonyl (C=O) groups is 1. The lowest BCUT2D eigenvalue weighted by Gasteiger charge is -2.12. The molecule has 1 aliphatic heterocycles. The highest BCUT2D eigenvalue weighted by molar-refractivity contribution is 7.99. The van der Waals surface area contributed by atoms with Gasteiger partial charge in [-0.25, -0.2) is 0 Å². The Morgan fingerprint density at radius 2 is 2.00 bits per heavy atom. The van der Waals surface area contributed by atoms with Gasteiger partial charge in [-0.3, -0.25) is 4.79 Å². The number of hydrogen-bond acceptors (Lipinski definition) is 4. The van der Waals surface area contributed by atoms with Crippen molar-refractivity contribution < 1.29 is 23.0 Å². The predicted octanol–water partition coefficient (Wildman–Crippen LogP) is 4.81. The van der Waals surface area contributed by atoms with Gasteiger partial charge in [-0.05, 0) is 49.2 Å². The molecule has 1 atom stereocenters. The first-order valence-electron chi connectivity index (χ1n) is 8.31. The van der Waals surface area contributed by atoms with Gasteiger partial charge in [0.05, 0.1) is 11.7 Å². The van der Waals surface area contributed by atoms with Gasteiger partial charge in [0, 0.05) is 22.9 Å². The van der Waals surface area contributed by atoms with E-state index in [1.165, 1.54) is 24.3 Å². The molecule has 1 aliphatic rings. The van der Waals surface area contributed by atoms with Gasteiger partial charge < -0.3 is 14.8 Å². The largest absolute Gasteiger partial charge is 0.435 e. The van der Waals surface area contributed by atoms with E-state index >= 15 is 0 Å². The number of amides is 1. The summed E-state index contributed by atoms with van der Waals surface area (Å²) in [6, 6.07) is 13.2. The SMILES string of the molecule is O=C(Nc1ccc(OC(F)F)cc1)c1ccccc1SC[C@H]1CCCO1. The third kappa shape index (κ3) is 5.19. The Balaban J connectivity index is 1.63. The Morgan fingerprint density at radius 3 is 2.69 bits per heavy atom. The average molecular weight is 379 g/mol. The van der Waals surface area contributed by atoms with Crippen LogP contribution in [0.1, 0.15) is 23.2 Å². The van der Waals surface area contributed by atoms with E-state index in [-0.39, 0.29) is 17.8 Å². The normalized spacial score (nSPS) is 16.7. The summed E-state index contributed by atoms with van der Waals surface area (Å²) in [5.41, 5.74) is 1.08. The second-order valence-corrected chi connectivity index (χ2v) is 6.86. The molecule has 1 amide bonds. The lowest BCUT2D eigenvalue weighted by atomic mass is 10.2. The van der Waals surface area contributed by atoms with Crippen LogP contribution in [0.5, 0.6) is 5.75 Å². The van der Waals surface area contributed by atoms with E-state index in [2.05, 4.69) is 10.1 Å². The summed E-state index contributed by atoms with van der Waals surface area (Å²) in [4.78, 5) is 13.5. The van der Waals surface area contributed by atoms with E-state index in [1.54, 1.807) is 17.8 Å². The smallest absolute Gasteiger partial charge is 0.387 e. The molecule has 7 heteroatoms. The van der Waals surface area contributed by atoms with Crippen molar-refractivity contribution in [2.24, 2.45) is 0 Å². The molecule has 0 aromatic heterocycles. The molecule has 2 aromatic carbocycles. The van der Waals surface area contributed by atoms with Crippen LogP contribution in [-0.2, 0) is 4.74 Å². The highest BCUT2D eigenvalue weighted by Gasteiger charge is 2.18. The van der Waals surface area contributed by atoms with Crippen LogP contribution in [0.3, 0.4) is 0 Å². The van der Waals surface area contributed by atoms with E-state index in [4.69, 9.17) is 4.74 Å². The van der Waals surface area contributed by atoms with E-state index in [0.29, 0.717) is 11.3 Å². The zero-order valence-corrected chi connectivity index (χ0v) is 14.8. The first kappa shape index (κ1) is 18.7. The number of rotatable bonds is 7. The molecule has 1 heterocycles. The number of anilines is 1. The molecular formula is C19H19F2NO3S. The molecule has 2 aromatic rings. The minimum atomic E-state index is -2.87.